The molecule has 0 aliphatic carbocycles. The highest BCUT2D eigenvalue weighted by Crippen LogP contribution is 2.16. The highest BCUT2D eigenvalue weighted by molar-refractivity contribution is 8.00. The van der Waals surface area contributed by atoms with Gasteiger partial charge < -0.3 is 0 Å². The van der Waals surface area contributed by atoms with Crippen molar-refractivity contribution in [2.75, 3.05) is 17.3 Å². The van der Waals surface area contributed by atoms with Gasteiger partial charge in [0, 0.05) is 22.3 Å². The molecule has 0 spiro atoms. The van der Waals surface area contributed by atoms with Crippen LogP contribution in [0.25, 0.3) is 0 Å². The van der Waals surface area contributed by atoms with Crippen molar-refractivity contribution >= 4 is 33.2 Å². The van der Waals surface area contributed by atoms with Crippen molar-refractivity contribution in [3.63, 3.8) is 0 Å². The Kier molecular flexibility index (Phi) is 5.66. The van der Waals surface area contributed by atoms with E-state index in [2.05, 4.69) is 0 Å². The highest BCUT2D eigenvalue weighted by Gasteiger charge is 2.06. The second-order valence-corrected chi connectivity index (χ2v) is 7.43. The third-order valence-electron chi connectivity index (χ3n) is 2.14. The van der Waals surface area contributed by atoms with Gasteiger partial charge in [0.25, 0.3) is 0 Å². The number of hydrogen-bond acceptors (Lipinski definition) is 3. The Morgan fingerprint density at radius 1 is 1.38 bits per heavy atom. The van der Waals surface area contributed by atoms with Crippen LogP contribution in [0.15, 0.2) is 24.3 Å². The Balaban J connectivity index is 2.32. The number of benzene rings is 1. The molecule has 0 aliphatic heterocycles. The predicted octanol–water partition coefficient (Wildman–Crippen LogP) is 3.01. The molecule has 1 aromatic carbocycles. The van der Waals surface area contributed by atoms with Crippen molar-refractivity contribution in [3.8, 4) is 0 Å². The van der Waals surface area contributed by atoms with E-state index in [1.165, 1.54) is 0 Å². The number of rotatable bonds is 6. The summed E-state index contributed by atoms with van der Waals surface area (Å²) in [5, 5.41) is 0.722. The van der Waals surface area contributed by atoms with Crippen molar-refractivity contribution in [2.45, 2.75) is 12.7 Å². The van der Waals surface area contributed by atoms with E-state index in [-0.39, 0.29) is 11.5 Å². The highest BCUT2D eigenvalue weighted by atomic mass is 35.5. The first-order valence-corrected chi connectivity index (χ1v) is 8.41. The molecule has 16 heavy (non-hydrogen) atoms. The molecule has 0 heterocycles. The first kappa shape index (κ1) is 13.9. The molecule has 1 rings (SSSR count). The molecular weight excluding hydrogens is 264 g/mol. The van der Waals surface area contributed by atoms with Crippen LogP contribution in [0.3, 0.4) is 0 Å². The largest absolute Gasteiger partial charge is 0.229 e. The fourth-order valence-electron chi connectivity index (χ4n) is 1.15. The van der Waals surface area contributed by atoms with E-state index in [1.54, 1.807) is 18.7 Å². The van der Waals surface area contributed by atoms with E-state index in [0.29, 0.717) is 5.75 Å². The van der Waals surface area contributed by atoms with Crippen LogP contribution in [0, 0.1) is 0 Å². The zero-order chi connectivity index (χ0) is 12.0. The van der Waals surface area contributed by atoms with Gasteiger partial charge in [-0.05, 0) is 17.7 Å². The Morgan fingerprint density at radius 2 is 2.12 bits per heavy atom. The van der Waals surface area contributed by atoms with Gasteiger partial charge in [-0.1, -0.05) is 30.7 Å². The fourth-order valence-corrected chi connectivity index (χ4v) is 3.70. The van der Waals surface area contributed by atoms with E-state index in [4.69, 9.17) is 11.6 Å². The number of sulfone groups is 1. The smallest absolute Gasteiger partial charge is 0.150 e. The lowest BCUT2D eigenvalue weighted by molar-refractivity contribution is 0.599. The Bertz CT molecular complexity index is 429. The minimum atomic E-state index is -2.83. The second kappa shape index (κ2) is 6.52. The average Bonchev–Trinajstić information content (AvgIpc) is 2.25. The minimum absolute atomic E-state index is 0.227. The number of halogens is 1. The molecule has 0 N–H and O–H groups in total. The van der Waals surface area contributed by atoms with Crippen molar-refractivity contribution < 1.29 is 8.42 Å². The molecule has 1 aromatic rings. The fraction of sp³-hybridized carbons (Fsp3) is 0.455. The average molecular weight is 279 g/mol. The molecule has 5 heteroatoms. The standard InChI is InChI=1S/C11H15ClO2S2/c1-2-16(13,14)7-6-15-9-10-4-3-5-11(12)8-10/h3-5,8H,2,6-7,9H2,1H3. The Morgan fingerprint density at radius 3 is 2.75 bits per heavy atom. The van der Waals surface area contributed by atoms with Crippen LogP contribution in [0.1, 0.15) is 12.5 Å². The molecule has 0 atom stereocenters. The molecule has 0 unspecified atom stereocenters. The van der Waals surface area contributed by atoms with Crippen LogP contribution in [0.4, 0.5) is 0 Å². The SMILES string of the molecule is CCS(=O)(=O)CCSCc1cccc(Cl)c1. The van der Waals surface area contributed by atoms with Crippen LogP contribution in [-0.4, -0.2) is 25.7 Å². The minimum Gasteiger partial charge on any atom is -0.229 e. The zero-order valence-electron chi connectivity index (χ0n) is 9.15. The predicted molar refractivity (Wildman–Crippen MR) is 71.9 cm³/mol. The van der Waals surface area contributed by atoms with Gasteiger partial charge in [-0.3, -0.25) is 0 Å². The van der Waals surface area contributed by atoms with E-state index < -0.39 is 9.84 Å². The normalized spacial score (nSPS) is 11.6. The van der Waals surface area contributed by atoms with Crippen LogP contribution in [-0.2, 0) is 15.6 Å². The van der Waals surface area contributed by atoms with Gasteiger partial charge in [0.15, 0.2) is 9.84 Å². The lowest BCUT2D eigenvalue weighted by Crippen LogP contribution is -2.10. The zero-order valence-corrected chi connectivity index (χ0v) is 11.5. The monoisotopic (exact) mass is 278 g/mol. The summed E-state index contributed by atoms with van der Waals surface area (Å²) in [4.78, 5) is 0. The van der Waals surface area contributed by atoms with Gasteiger partial charge in [-0.25, -0.2) is 8.42 Å². The second-order valence-electron chi connectivity index (χ2n) is 3.42. The summed E-state index contributed by atoms with van der Waals surface area (Å²) >= 11 is 7.47. The summed E-state index contributed by atoms with van der Waals surface area (Å²) in [5.41, 5.74) is 1.13. The lowest BCUT2D eigenvalue weighted by atomic mass is 10.2. The van der Waals surface area contributed by atoms with E-state index >= 15 is 0 Å². The Labute approximate surface area is 106 Å². The van der Waals surface area contributed by atoms with E-state index in [1.807, 2.05) is 24.3 Å². The van der Waals surface area contributed by atoms with Crippen molar-refractivity contribution in [2.24, 2.45) is 0 Å². The first-order chi connectivity index (χ1) is 7.53. The first-order valence-electron chi connectivity index (χ1n) is 5.06. The van der Waals surface area contributed by atoms with Gasteiger partial charge >= 0.3 is 0 Å². The van der Waals surface area contributed by atoms with Crippen LogP contribution < -0.4 is 0 Å². The molecule has 0 saturated carbocycles. The summed E-state index contributed by atoms with van der Waals surface area (Å²) in [7, 11) is -2.83. The van der Waals surface area contributed by atoms with Crippen molar-refractivity contribution in [3.05, 3.63) is 34.9 Å². The maximum absolute atomic E-state index is 11.2. The maximum Gasteiger partial charge on any atom is 0.150 e. The topological polar surface area (TPSA) is 34.1 Å². The summed E-state index contributed by atoms with van der Waals surface area (Å²) in [6, 6.07) is 7.63. The molecular formula is C11H15ClO2S2. The molecule has 0 aromatic heterocycles. The van der Waals surface area contributed by atoms with Gasteiger partial charge in [-0.15, -0.1) is 0 Å². The molecule has 0 saturated heterocycles. The lowest BCUT2D eigenvalue weighted by Gasteiger charge is -2.02. The molecule has 0 fully saturated rings. The summed E-state index contributed by atoms with van der Waals surface area (Å²) in [6.07, 6.45) is 0. The van der Waals surface area contributed by atoms with E-state index in [0.717, 1.165) is 16.3 Å². The third-order valence-corrected chi connectivity index (χ3v) is 5.37. The van der Waals surface area contributed by atoms with Crippen molar-refractivity contribution in [1.82, 2.24) is 0 Å². The number of thioether (sulfide) groups is 1. The van der Waals surface area contributed by atoms with Gasteiger partial charge in [0.1, 0.15) is 0 Å². The summed E-state index contributed by atoms with van der Waals surface area (Å²) in [5.74, 6) is 1.93. The van der Waals surface area contributed by atoms with Crippen LogP contribution >= 0.6 is 23.4 Å². The van der Waals surface area contributed by atoms with Crippen molar-refractivity contribution in [1.29, 1.82) is 0 Å². The molecule has 0 aliphatic rings. The molecule has 2 nitrogen and oxygen atoms in total. The molecule has 0 radical (unpaired) electrons. The molecule has 0 amide bonds. The third kappa shape index (κ3) is 5.23. The Hall–Kier alpha value is -0.190. The molecule has 0 bridgehead atoms. The van der Waals surface area contributed by atoms with Gasteiger partial charge in [0.05, 0.1) is 5.75 Å². The van der Waals surface area contributed by atoms with Crippen LogP contribution in [0.2, 0.25) is 5.02 Å². The van der Waals surface area contributed by atoms with E-state index in [9.17, 15) is 8.42 Å². The number of hydrogen-bond donors (Lipinski definition) is 0. The molecule has 90 valence electrons. The quantitative estimate of drug-likeness (QED) is 0.750. The maximum atomic E-state index is 11.2. The van der Waals surface area contributed by atoms with Gasteiger partial charge in [-0.2, -0.15) is 11.8 Å². The van der Waals surface area contributed by atoms with Gasteiger partial charge in [0.2, 0.25) is 0 Å². The van der Waals surface area contributed by atoms with Crippen LogP contribution in [0.5, 0.6) is 0 Å². The summed E-state index contributed by atoms with van der Waals surface area (Å²) in [6.45, 7) is 1.68. The summed E-state index contributed by atoms with van der Waals surface area (Å²) < 4.78 is 22.5.